The lowest BCUT2D eigenvalue weighted by Crippen LogP contribution is -2.42. The first-order chi connectivity index (χ1) is 13.5. The van der Waals surface area contributed by atoms with Crippen molar-refractivity contribution >= 4 is 22.9 Å². The van der Waals surface area contributed by atoms with Crippen molar-refractivity contribution in [2.45, 2.75) is 19.9 Å². The SMILES string of the molecule is COc1cccc(C2NC(=S)NC(C)=C2c2nc(-c3ccc(C)cc3)no2)c1. The topological polar surface area (TPSA) is 72.2 Å². The van der Waals surface area contributed by atoms with Gasteiger partial charge in [0, 0.05) is 11.3 Å². The van der Waals surface area contributed by atoms with Crippen LogP contribution in [0.1, 0.15) is 30.0 Å². The summed E-state index contributed by atoms with van der Waals surface area (Å²) >= 11 is 5.36. The molecule has 7 heteroatoms. The lowest BCUT2D eigenvalue weighted by atomic mass is 9.95. The van der Waals surface area contributed by atoms with Crippen LogP contribution in [0.15, 0.2) is 58.8 Å². The lowest BCUT2D eigenvalue weighted by molar-refractivity contribution is 0.403. The van der Waals surface area contributed by atoms with Crippen LogP contribution in [0.4, 0.5) is 0 Å². The number of nitrogens with one attached hydrogen (secondary N) is 2. The molecule has 2 aromatic carbocycles. The molecule has 0 radical (unpaired) electrons. The van der Waals surface area contributed by atoms with Gasteiger partial charge in [-0.25, -0.2) is 0 Å². The minimum Gasteiger partial charge on any atom is -0.497 e. The lowest BCUT2D eigenvalue weighted by Gasteiger charge is -2.29. The van der Waals surface area contributed by atoms with E-state index in [1.807, 2.05) is 62.4 Å². The molecule has 6 nitrogen and oxygen atoms in total. The Morgan fingerprint density at radius 3 is 2.64 bits per heavy atom. The molecule has 0 fully saturated rings. The Hall–Kier alpha value is -3.19. The first-order valence-corrected chi connectivity index (χ1v) is 9.29. The summed E-state index contributed by atoms with van der Waals surface area (Å²) in [6.07, 6.45) is 0. The smallest absolute Gasteiger partial charge is 0.258 e. The van der Waals surface area contributed by atoms with Crippen LogP contribution in [-0.4, -0.2) is 22.4 Å². The quantitative estimate of drug-likeness (QED) is 0.650. The van der Waals surface area contributed by atoms with E-state index in [1.165, 1.54) is 5.56 Å². The number of allylic oxidation sites excluding steroid dienone is 1. The molecule has 2 heterocycles. The molecule has 142 valence electrons. The molecule has 0 amide bonds. The van der Waals surface area contributed by atoms with Crippen molar-refractivity contribution in [3.05, 3.63) is 71.2 Å². The normalized spacial score (nSPS) is 16.5. The fourth-order valence-electron chi connectivity index (χ4n) is 3.20. The summed E-state index contributed by atoms with van der Waals surface area (Å²) in [4.78, 5) is 4.64. The number of hydrogen-bond acceptors (Lipinski definition) is 5. The zero-order chi connectivity index (χ0) is 19.7. The number of aryl methyl sites for hydroxylation is 1. The van der Waals surface area contributed by atoms with Gasteiger partial charge in [0.05, 0.1) is 18.7 Å². The van der Waals surface area contributed by atoms with Gasteiger partial charge in [0.15, 0.2) is 5.11 Å². The summed E-state index contributed by atoms with van der Waals surface area (Å²) in [6.45, 7) is 3.99. The molecular weight excluding hydrogens is 372 g/mol. The van der Waals surface area contributed by atoms with Gasteiger partial charge in [-0.1, -0.05) is 47.1 Å². The number of rotatable bonds is 4. The average molecular weight is 392 g/mol. The highest BCUT2D eigenvalue weighted by Gasteiger charge is 2.30. The van der Waals surface area contributed by atoms with Crippen molar-refractivity contribution in [3.63, 3.8) is 0 Å². The zero-order valence-electron chi connectivity index (χ0n) is 15.8. The Morgan fingerprint density at radius 2 is 1.89 bits per heavy atom. The third-order valence-corrected chi connectivity index (χ3v) is 4.88. The number of aromatic nitrogens is 2. The maximum atomic E-state index is 5.63. The van der Waals surface area contributed by atoms with E-state index in [1.54, 1.807) is 7.11 Å². The maximum Gasteiger partial charge on any atom is 0.258 e. The molecule has 0 saturated carbocycles. The molecule has 28 heavy (non-hydrogen) atoms. The summed E-state index contributed by atoms with van der Waals surface area (Å²) < 4.78 is 11.0. The van der Waals surface area contributed by atoms with Gasteiger partial charge in [0.1, 0.15) is 5.75 Å². The van der Waals surface area contributed by atoms with Crippen molar-refractivity contribution in [1.29, 1.82) is 0 Å². The summed E-state index contributed by atoms with van der Waals surface area (Å²) in [7, 11) is 1.65. The van der Waals surface area contributed by atoms with Crippen molar-refractivity contribution < 1.29 is 9.26 Å². The van der Waals surface area contributed by atoms with Gasteiger partial charge < -0.3 is 19.9 Å². The summed E-state index contributed by atoms with van der Waals surface area (Å²) in [5, 5.41) is 11.2. The van der Waals surface area contributed by atoms with Crippen molar-refractivity contribution in [2.75, 3.05) is 7.11 Å². The van der Waals surface area contributed by atoms with E-state index in [-0.39, 0.29) is 6.04 Å². The molecule has 1 aliphatic rings. The van der Waals surface area contributed by atoms with E-state index in [0.717, 1.165) is 28.1 Å². The molecule has 0 aliphatic carbocycles. The number of benzene rings is 2. The largest absolute Gasteiger partial charge is 0.497 e. The van der Waals surface area contributed by atoms with E-state index in [0.29, 0.717) is 16.8 Å². The number of hydrogen-bond donors (Lipinski definition) is 2. The van der Waals surface area contributed by atoms with Crippen LogP contribution < -0.4 is 15.4 Å². The second-order valence-electron chi connectivity index (χ2n) is 6.64. The number of ether oxygens (including phenoxy) is 1. The molecule has 0 saturated heterocycles. The standard InChI is InChI=1S/C21H20N4O2S/c1-12-7-9-14(10-8-12)19-24-20(27-25-19)17-13(2)22-21(28)23-18(17)15-5-4-6-16(11-15)26-3/h4-11,18H,1-3H3,(H2,22,23,28). The Kier molecular flexibility index (Phi) is 4.83. The van der Waals surface area contributed by atoms with E-state index < -0.39 is 0 Å². The molecule has 4 rings (SSSR count). The fourth-order valence-corrected chi connectivity index (χ4v) is 3.47. The highest BCUT2D eigenvalue weighted by Crippen LogP contribution is 2.35. The number of methoxy groups -OCH3 is 1. The van der Waals surface area contributed by atoms with Crippen LogP contribution >= 0.6 is 12.2 Å². The molecule has 1 unspecified atom stereocenters. The van der Waals surface area contributed by atoms with E-state index in [4.69, 9.17) is 21.5 Å². The number of thiocarbonyl (C=S) groups is 1. The Balaban J connectivity index is 1.76. The van der Waals surface area contributed by atoms with Gasteiger partial charge in [-0.05, 0) is 43.8 Å². The molecule has 1 aliphatic heterocycles. The van der Waals surface area contributed by atoms with E-state index in [2.05, 4.69) is 20.8 Å². The Labute approximate surface area is 168 Å². The van der Waals surface area contributed by atoms with Crippen LogP contribution in [0.3, 0.4) is 0 Å². The van der Waals surface area contributed by atoms with Crippen LogP contribution in [0, 0.1) is 6.92 Å². The van der Waals surface area contributed by atoms with Crippen LogP contribution in [0.25, 0.3) is 17.0 Å². The average Bonchev–Trinajstić information content (AvgIpc) is 3.17. The molecule has 0 spiro atoms. The highest BCUT2D eigenvalue weighted by molar-refractivity contribution is 7.80. The summed E-state index contributed by atoms with van der Waals surface area (Å²) in [6, 6.07) is 15.6. The maximum absolute atomic E-state index is 5.63. The van der Waals surface area contributed by atoms with Gasteiger partial charge in [-0.2, -0.15) is 4.98 Å². The number of nitrogens with zero attached hydrogens (tertiary/aromatic N) is 2. The minimum absolute atomic E-state index is 0.227. The monoisotopic (exact) mass is 392 g/mol. The molecule has 1 aromatic heterocycles. The summed E-state index contributed by atoms with van der Waals surface area (Å²) in [5.74, 6) is 1.77. The van der Waals surface area contributed by atoms with E-state index >= 15 is 0 Å². The Morgan fingerprint density at radius 1 is 1.11 bits per heavy atom. The minimum atomic E-state index is -0.227. The van der Waals surface area contributed by atoms with Gasteiger partial charge >= 0.3 is 0 Å². The molecule has 0 bridgehead atoms. The zero-order valence-corrected chi connectivity index (χ0v) is 16.6. The van der Waals surface area contributed by atoms with Crippen LogP contribution in [0.5, 0.6) is 5.75 Å². The van der Waals surface area contributed by atoms with Crippen LogP contribution in [0.2, 0.25) is 0 Å². The van der Waals surface area contributed by atoms with Gasteiger partial charge in [0.2, 0.25) is 5.82 Å². The second-order valence-corrected chi connectivity index (χ2v) is 7.04. The Bertz CT molecular complexity index is 1060. The first kappa shape index (κ1) is 18.2. The van der Waals surface area contributed by atoms with E-state index in [9.17, 15) is 0 Å². The second kappa shape index (κ2) is 7.44. The van der Waals surface area contributed by atoms with Crippen molar-refractivity contribution in [1.82, 2.24) is 20.8 Å². The molecule has 1 atom stereocenters. The van der Waals surface area contributed by atoms with Gasteiger partial charge in [0.25, 0.3) is 5.89 Å². The van der Waals surface area contributed by atoms with Crippen molar-refractivity contribution in [3.8, 4) is 17.1 Å². The molecule has 3 aromatic rings. The third kappa shape index (κ3) is 3.48. The molecule has 2 N–H and O–H groups in total. The molecular formula is C21H20N4O2S. The predicted molar refractivity (Wildman–Crippen MR) is 112 cm³/mol. The third-order valence-electron chi connectivity index (χ3n) is 4.66. The van der Waals surface area contributed by atoms with Gasteiger partial charge in [-0.3, -0.25) is 0 Å². The fraction of sp³-hybridized carbons (Fsp3) is 0.190. The van der Waals surface area contributed by atoms with Crippen LogP contribution in [-0.2, 0) is 0 Å². The highest BCUT2D eigenvalue weighted by atomic mass is 32.1. The van der Waals surface area contributed by atoms with Gasteiger partial charge in [-0.15, -0.1) is 0 Å². The summed E-state index contributed by atoms with van der Waals surface area (Å²) in [5.41, 5.74) is 4.80. The predicted octanol–water partition coefficient (Wildman–Crippen LogP) is 4.00. The first-order valence-electron chi connectivity index (χ1n) is 8.88. The van der Waals surface area contributed by atoms with Crippen molar-refractivity contribution in [2.24, 2.45) is 0 Å².